The molecule has 1 aliphatic rings. The molecule has 4 rings (SSSR count). The first-order valence-electron chi connectivity index (χ1n) is 9.45. The van der Waals surface area contributed by atoms with Crippen molar-refractivity contribution in [2.24, 2.45) is 0 Å². The molecule has 0 spiro atoms. The molecule has 1 amide bonds. The van der Waals surface area contributed by atoms with Crippen molar-refractivity contribution in [1.29, 1.82) is 0 Å². The standard InChI is InChI=1S/C21H24N4O3/c1-14-6-7-18(19(11-14)27-3)28-13-21(26)24-10-4-5-16(24)17-8-9-22-20-12-15(2)23-25(17)20/h6-9,11-12,16H,4-5,10,13H2,1-3H3/t16-/m1/s1. The van der Waals surface area contributed by atoms with Crippen molar-refractivity contribution in [2.75, 3.05) is 20.3 Å². The van der Waals surface area contributed by atoms with Gasteiger partial charge in [-0.25, -0.2) is 9.50 Å². The summed E-state index contributed by atoms with van der Waals surface area (Å²) in [5, 5.41) is 4.54. The van der Waals surface area contributed by atoms with Crippen LogP contribution in [0, 0.1) is 13.8 Å². The van der Waals surface area contributed by atoms with Gasteiger partial charge in [0.2, 0.25) is 0 Å². The van der Waals surface area contributed by atoms with Crippen LogP contribution in [0.5, 0.6) is 11.5 Å². The van der Waals surface area contributed by atoms with Crippen LogP contribution in [-0.4, -0.2) is 45.7 Å². The first kappa shape index (κ1) is 18.3. The van der Waals surface area contributed by atoms with Crippen molar-refractivity contribution < 1.29 is 14.3 Å². The summed E-state index contributed by atoms with van der Waals surface area (Å²) in [6, 6.07) is 9.53. The first-order chi connectivity index (χ1) is 13.6. The van der Waals surface area contributed by atoms with E-state index in [1.165, 1.54) is 0 Å². The number of amides is 1. The Hall–Kier alpha value is -3.09. The first-order valence-corrected chi connectivity index (χ1v) is 9.45. The van der Waals surface area contributed by atoms with Crippen LogP contribution in [0.25, 0.3) is 5.65 Å². The van der Waals surface area contributed by atoms with Gasteiger partial charge in [0.25, 0.3) is 5.91 Å². The SMILES string of the molecule is COc1cc(C)ccc1OCC(=O)N1CCC[C@@H]1c1ccnc2cc(C)nn12. The molecule has 2 aromatic heterocycles. The molecule has 1 fully saturated rings. The van der Waals surface area contributed by atoms with Gasteiger partial charge >= 0.3 is 0 Å². The number of methoxy groups -OCH3 is 1. The van der Waals surface area contributed by atoms with Gasteiger partial charge in [-0.1, -0.05) is 6.07 Å². The summed E-state index contributed by atoms with van der Waals surface area (Å²) in [6.45, 7) is 4.61. The van der Waals surface area contributed by atoms with Gasteiger partial charge in [-0.3, -0.25) is 4.79 Å². The molecular weight excluding hydrogens is 356 g/mol. The quantitative estimate of drug-likeness (QED) is 0.680. The monoisotopic (exact) mass is 380 g/mol. The van der Waals surface area contributed by atoms with E-state index in [0.29, 0.717) is 18.0 Å². The third kappa shape index (κ3) is 3.40. The lowest BCUT2D eigenvalue weighted by Gasteiger charge is -2.25. The number of likely N-dealkylation sites (tertiary alicyclic amines) is 1. The number of rotatable bonds is 5. The Kier molecular flexibility index (Phi) is 4.90. The molecule has 7 nitrogen and oxygen atoms in total. The number of aryl methyl sites for hydroxylation is 2. The van der Waals surface area contributed by atoms with E-state index >= 15 is 0 Å². The third-order valence-electron chi connectivity index (χ3n) is 5.09. The number of fused-ring (bicyclic) bond motifs is 1. The van der Waals surface area contributed by atoms with Crippen LogP contribution in [0.1, 0.15) is 35.8 Å². The highest BCUT2D eigenvalue weighted by molar-refractivity contribution is 5.78. The summed E-state index contributed by atoms with van der Waals surface area (Å²) in [4.78, 5) is 19.2. The van der Waals surface area contributed by atoms with E-state index in [0.717, 1.165) is 35.4 Å². The molecule has 1 saturated heterocycles. The van der Waals surface area contributed by atoms with Crippen LogP contribution in [0.2, 0.25) is 0 Å². The number of hydrogen-bond acceptors (Lipinski definition) is 5. The van der Waals surface area contributed by atoms with Crippen LogP contribution < -0.4 is 9.47 Å². The van der Waals surface area contributed by atoms with E-state index in [1.807, 2.05) is 53.6 Å². The number of nitrogens with zero attached hydrogens (tertiary/aromatic N) is 4. The minimum atomic E-state index is -0.0426. The lowest BCUT2D eigenvalue weighted by molar-refractivity contribution is -0.134. The lowest BCUT2D eigenvalue weighted by Crippen LogP contribution is -2.35. The lowest BCUT2D eigenvalue weighted by atomic mass is 10.1. The van der Waals surface area contributed by atoms with Gasteiger partial charge in [-0.15, -0.1) is 0 Å². The molecule has 0 saturated carbocycles. The summed E-state index contributed by atoms with van der Waals surface area (Å²) in [5.74, 6) is 1.17. The van der Waals surface area contributed by atoms with Gasteiger partial charge < -0.3 is 14.4 Å². The van der Waals surface area contributed by atoms with Crippen molar-refractivity contribution in [3.05, 3.63) is 53.5 Å². The Bertz CT molecular complexity index is 1010. The number of benzene rings is 1. The normalized spacial score (nSPS) is 16.5. The van der Waals surface area contributed by atoms with Crippen molar-refractivity contribution in [1.82, 2.24) is 19.5 Å². The maximum atomic E-state index is 12.9. The Morgan fingerprint density at radius 2 is 2.07 bits per heavy atom. The maximum Gasteiger partial charge on any atom is 0.261 e. The van der Waals surface area contributed by atoms with E-state index in [9.17, 15) is 4.79 Å². The molecule has 0 N–H and O–H groups in total. The maximum absolute atomic E-state index is 12.9. The second kappa shape index (κ2) is 7.50. The highest BCUT2D eigenvalue weighted by Gasteiger charge is 2.32. The number of ether oxygens (including phenoxy) is 2. The minimum absolute atomic E-state index is 0.0255. The Balaban J connectivity index is 1.52. The topological polar surface area (TPSA) is 69.0 Å². The molecule has 1 atom stereocenters. The van der Waals surface area contributed by atoms with Crippen molar-refractivity contribution in [3.8, 4) is 11.5 Å². The predicted octanol–water partition coefficient (Wildman–Crippen LogP) is 3.10. The zero-order valence-corrected chi connectivity index (χ0v) is 16.4. The van der Waals surface area contributed by atoms with Crippen LogP contribution in [0.4, 0.5) is 0 Å². The number of carbonyl (C=O) groups excluding carboxylic acids is 1. The van der Waals surface area contributed by atoms with Gasteiger partial charge in [0.1, 0.15) is 0 Å². The zero-order chi connectivity index (χ0) is 19.7. The summed E-state index contributed by atoms with van der Waals surface area (Å²) in [7, 11) is 1.60. The molecule has 7 heteroatoms. The van der Waals surface area contributed by atoms with Gasteiger partial charge in [0.15, 0.2) is 23.8 Å². The van der Waals surface area contributed by atoms with Gasteiger partial charge in [0, 0.05) is 18.8 Å². The zero-order valence-electron chi connectivity index (χ0n) is 16.4. The predicted molar refractivity (Wildman–Crippen MR) is 105 cm³/mol. The number of hydrogen-bond donors (Lipinski definition) is 0. The molecule has 1 aromatic carbocycles. The van der Waals surface area contributed by atoms with E-state index in [1.54, 1.807) is 13.3 Å². The summed E-state index contributed by atoms with van der Waals surface area (Å²) >= 11 is 0. The molecular formula is C21H24N4O3. The van der Waals surface area contributed by atoms with Crippen LogP contribution in [0.3, 0.4) is 0 Å². The second-order valence-corrected chi connectivity index (χ2v) is 7.11. The smallest absolute Gasteiger partial charge is 0.261 e. The van der Waals surface area contributed by atoms with E-state index in [-0.39, 0.29) is 18.6 Å². The number of carbonyl (C=O) groups is 1. The van der Waals surface area contributed by atoms with Crippen molar-refractivity contribution >= 4 is 11.6 Å². The number of aromatic nitrogens is 3. The molecule has 146 valence electrons. The van der Waals surface area contributed by atoms with Crippen LogP contribution in [0.15, 0.2) is 36.5 Å². The molecule has 0 unspecified atom stereocenters. The summed E-state index contributed by atoms with van der Waals surface area (Å²) in [5.41, 5.74) is 3.77. The van der Waals surface area contributed by atoms with Gasteiger partial charge in [-0.2, -0.15) is 5.10 Å². The van der Waals surface area contributed by atoms with Crippen molar-refractivity contribution in [3.63, 3.8) is 0 Å². The fraction of sp³-hybridized carbons (Fsp3) is 0.381. The third-order valence-corrected chi connectivity index (χ3v) is 5.09. The average Bonchev–Trinajstić information content (AvgIpc) is 3.32. The minimum Gasteiger partial charge on any atom is -0.493 e. The van der Waals surface area contributed by atoms with Gasteiger partial charge in [0.05, 0.1) is 24.5 Å². The molecule has 3 heterocycles. The Labute approximate surface area is 163 Å². The highest BCUT2D eigenvalue weighted by Crippen LogP contribution is 2.33. The average molecular weight is 380 g/mol. The highest BCUT2D eigenvalue weighted by atomic mass is 16.5. The van der Waals surface area contributed by atoms with E-state index < -0.39 is 0 Å². The van der Waals surface area contributed by atoms with E-state index in [2.05, 4.69) is 10.1 Å². The second-order valence-electron chi connectivity index (χ2n) is 7.11. The van der Waals surface area contributed by atoms with Crippen LogP contribution in [-0.2, 0) is 4.79 Å². The van der Waals surface area contributed by atoms with E-state index in [4.69, 9.17) is 9.47 Å². The van der Waals surface area contributed by atoms with Crippen LogP contribution >= 0.6 is 0 Å². The fourth-order valence-electron chi connectivity index (χ4n) is 3.77. The summed E-state index contributed by atoms with van der Waals surface area (Å²) < 4.78 is 13.0. The fourth-order valence-corrected chi connectivity index (χ4v) is 3.77. The molecule has 3 aromatic rings. The van der Waals surface area contributed by atoms with Crippen molar-refractivity contribution in [2.45, 2.75) is 32.7 Å². The Morgan fingerprint density at radius 1 is 1.21 bits per heavy atom. The van der Waals surface area contributed by atoms with Gasteiger partial charge in [-0.05, 0) is 50.5 Å². The molecule has 0 bridgehead atoms. The molecule has 0 radical (unpaired) electrons. The molecule has 1 aliphatic heterocycles. The largest absolute Gasteiger partial charge is 0.493 e. The molecule has 0 aliphatic carbocycles. The molecule has 28 heavy (non-hydrogen) atoms. The Morgan fingerprint density at radius 3 is 2.89 bits per heavy atom. The summed E-state index contributed by atoms with van der Waals surface area (Å²) in [6.07, 6.45) is 3.63.